The van der Waals surface area contributed by atoms with Crippen molar-refractivity contribution in [2.45, 2.75) is 85.5 Å². The Morgan fingerprint density at radius 1 is 0.617 bits per heavy atom. The second kappa shape index (κ2) is 11.6. The zero-order chi connectivity index (χ0) is 33.9. The first-order valence-corrected chi connectivity index (χ1v) is 16.7. The molecule has 0 unspecified atom stereocenters. The maximum absolute atomic E-state index is 6.86. The lowest BCUT2D eigenvalue weighted by atomic mass is 9.77. The molecule has 0 fully saturated rings. The van der Waals surface area contributed by atoms with E-state index in [1.54, 1.807) is 0 Å². The number of hydrogen-bond acceptors (Lipinski definition) is 4. The van der Waals surface area contributed by atoms with Crippen LogP contribution < -0.4 is 14.5 Å². The van der Waals surface area contributed by atoms with E-state index >= 15 is 0 Å². The number of fused-ring (bicyclic) bond motifs is 1. The van der Waals surface area contributed by atoms with Gasteiger partial charge in [-0.15, -0.1) is 0 Å². The van der Waals surface area contributed by atoms with Crippen molar-refractivity contribution < 1.29 is 4.74 Å². The molecule has 6 rings (SSSR count). The first-order valence-electron chi connectivity index (χ1n) is 16.7. The summed E-state index contributed by atoms with van der Waals surface area (Å²) in [5.74, 6) is 1.63. The number of anilines is 3. The lowest BCUT2D eigenvalue weighted by molar-refractivity contribution is 0.474. The molecule has 0 radical (unpaired) electrons. The van der Waals surface area contributed by atoms with Gasteiger partial charge in [-0.05, 0) is 77.8 Å². The summed E-state index contributed by atoms with van der Waals surface area (Å²) >= 11 is 0. The number of hydrogen-bond donors (Lipinski definition) is 0. The van der Waals surface area contributed by atoms with Gasteiger partial charge in [0.1, 0.15) is 11.5 Å². The highest BCUT2D eigenvalue weighted by molar-refractivity contribution is 5.82. The summed E-state index contributed by atoms with van der Waals surface area (Å²) in [6, 6.07) is 32.6. The van der Waals surface area contributed by atoms with E-state index in [9.17, 15) is 0 Å². The Labute approximate surface area is 281 Å². The van der Waals surface area contributed by atoms with Crippen molar-refractivity contribution in [2.75, 3.05) is 23.5 Å². The SMILES string of the molecule is Cc1nn(-c2cc(Oc3cc(N4CN(C)c5ccccc54)cc(C(C)(C)C)c3)cc(C(C)(C)C)c2)c(C)c1C(C)(C)c1ccccc1. The van der Waals surface area contributed by atoms with Gasteiger partial charge in [0, 0.05) is 41.5 Å². The third-order valence-corrected chi connectivity index (χ3v) is 9.66. The lowest BCUT2D eigenvalue weighted by Crippen LogP contribution is -2.24. The molecule has 1 aliphatic rings. The van der Waals surface area contributed by atoms with Gasteiger partial charge in [0.15, 0.2) is 0 Å². The summed E-state index contributed by atoms with van der Waals surface area (Å²) in [6.45, 7) is 23.2. The molecule has 0 spiro atoms. The van der Waals surface area contributed by atoms with Crippen LogP contribution in [-0.4, -0.2) is 23.5 Å². The monoisotopic (exact) mass is 626 g/mol. The Hall–Kier alpha value is -4.51. The van der Waals surface area contributed by atoms with E-state index in [0.29, 0.717) is 0 Å². The van der Waals surface area contributed by atoms with Crippen molar-refractivity contribution in [1.29, 1.82) is 0 Å². The molecule has 1 aromatic heterocycles. The van der Waals surface area contributed by atoms with Crippen LogP contribution in [0.2, 0.25) is 0 Å². The van der Waals surface area contributed by atoms with Crippen molar-refractivity contribution in [3.8, 4) is 17.2 Å². The minimum Gasteiger partial charge on any atom is -0.457 e. The van der Waals surface area contributed by atoms with Crippen LogP contribution in [0.3, 0.4) is 0 Å². The summed E-state index contributed by atoms with van der Waals surface area (Å²) in [7, 11) is 2.15. The summed E-state index contributed by atoms with van der Waals surface area (Å²) < 4.78 is 8.96. The minimum absolute atomic E-state index is 0.0522. The molecule has 4 aromatic carbocycles. The normalized spacial score (nSPS) is 13.7. The second-order valence-corrected chi connectivity index (χ2v) is 15.7. The van der Waals surface area contributed by atoms with E-state index in [0.717, 1.165) is 40.9 Å². The molecule has 47 heavy (non-hydrogen) atoms. The minimum atomic E-state index is -0.194. The van der Waals surface area contributed by atoms with Crippen LogP contribution >= 0.6 is 0 Å². The zero-order valence-corrected chi connectivity index (χ0v) is 30.1. The van der Waals surface area contributed by atoms with Crippen LogP contribution in [0.15, 0.2) is 91.0 Å². The van der Waals surface area contributed by atoms with Gasteiger partial charge in [-0.25, -0.2) is 4.68 Å². The Balaban J connectivity index is 1.44. The molecule has 0 saturated carbocycles. The van der Waals surface area contributed by atoms with Gasteiger partial charge in [-0.2, -0.15) is 5.10 Å². The van der Waals surface area contributed by atoms with Crippen molar-refractivity contribution in [3.63, 3.8) is 0 Å². The number of benzene rings is 4. The maximum Gasteiger partial charge on any atom is 0.129 e. The molecule has 1 aliphatic heterocycles. The Morgan fingerprint density at radius 2 is 1.15 bits per heavy atom. The number of aromatic nitrogens is 2. The summed E-state index contributed by atoms with van der Waals surface area (Å²) in [5, 5.41) is 5.13. The van der Waals surface area contributed by atoms with Gasteiger partial charge in [-0.3, -0.25) is 0 Å². The molecule has 2 heterocycles. The van der Waals surface area contributed by atoms with Crippen LogP contribution in [-0.2, 0) is 16.2 Å². The molecular formula is C42H50N4O. The van der Waals surface area contributed by atoms with Gasteiger partial charge in [0.2, 0.25) is 0 Å². The number of ether oxygens (including phenoxy) is 1. The molecule has 5 nitrogen and oxygen atoms in total. The molecule has 244 valence electrons. The predicted octanol–water partition coefficient (Wildman–Crippen LogP) is 10.7. The Bertz CT molecular complexity index is 1920. The van der Waals surface area contributed by atoms with E-state index in [1.807, 2.05) is 0 Å². The summed E-state index contributed by atoms with van der Waals surface area (Å²) in [4.78, 5) is 4.67. The quantitative estimate of drug-likeness (QED) is 0.188. The van der Waals surface area contributed by atoms with Crippen molar-refractivity contribution in [2.24, 2.45) is 0 Å². The topological polar surface area (TPSA) is 33.5 Å². The molecule has 0 amide bonds. The van der Waals surface area contributed by atoms with E-state index in [1.165, 1.54) is 33.6 Å². The number of nitrogens with zero attached hydrogens (tertiary/aromatic N) is 4. The molecule has 0 N–H and O–H groups in total. The molecule has 0 saturated heterocycles. The predicted molar refractivity (Wildman–Crippen MR) is 197 cm³/mol. The van der Waals surface area contributed by atoms with Crippen LogP contribution in [0, 0.1) is 13.8 Å². The summed E-state index contributed by atoms with van der Waals surface area (Å²) in [6.07, 6.45) is 0. The fraction of sp³-hybridized carbons (Fsp3) is 0.357. The van der Waals surface area contributed by atoms with Gasteiger partial charge >= 0.3 is 0 Å². The van der Waals surface area contributed by atoms with Crippen LogP contribution in [0.5, 0.6) is 11.5 Å². The number of para-hydroxylation sites is 2. The molecule has 5 aromatic rings. The Kier molecular flexibility index (Phi) is 8.02. The van der Waals surface area contributed by atoms with Crippen LogP contribution in [0.1, 0.15) is 89.0 Å². The van der Waals surface area contributed by atoms with Gasteiger partial charge in [0.05, 0.1) is 29.4 Å². The third-order valence-electron chi connectivity index (χ3n) is 9.66. The molecule has 5 heteroatoms. The van der Waals surface area contributed by atoms with Gasteiger partial charge in [-0.1, -0.05) is 97.9 Å². The fourth-order valence-corrected chi connectivity index (χ4v) is 6.96. The van der Waals surface area contributed by atoms with E-state index in [4.69, 9.17) is 9.84 Å². The second-order valence-electron chi connectivity index (χ2n) is 15.7. The first-order chi connectivity index (χ1) is 22.0. The van der Waals surface area contributed by atoms with Gasteiger partial charge in [0.25, 0.3) is 0 Å². The van der Waals surface area contributed by atoms with Crippen molar-refractivity contribution >= 4 is 17.1 Å². The molecular weight excluding hydrogens is 576 g/mol. The molecule has 0 bridgehead atoms. The average molecular weight is 627 g/mol. The summed E-state index contributed by atoms with van der Waals surface area (Å²) in [5.41, 5.74) is 11.4. The number of aryl methyl sites for hydroxylation is 1. The Morgan fingerprint density at radius 3 is 1.74 bits per heavy atom. The standard InChI is InChI=1S/C42H50N4O/c1-28-39(42(9,10)30-17-13-12-14-18-30)29(2)46(43-28)34-22-32(41(6,7)8)24-36(26-34)47-35-23-31(40(3,4)5)21-33(25-35)45-27-44(11)37-19-15-16-20-38(37)45/h12-26H,27H2,1-11H3. The van der Waals surface area contributed by atoms with Gasteiger partial charge < -0.3 is 14.5 Å². The van der Waals surface area contributed by atoms with Crippen molar-refractivity contribution in [1.82, 2.24) is 9.78 Å². The maximum atomic E-state index is 6.86. The van der Waals surface area contributed by atoms with Crippen LogP contribution in [0.4, 0.5) is 17.1 Å². The smallest absolute Gasteiger partial charge is 0.129 e. The van der Waals surface area contributed by atoms with E-state index in [-0.39, 0.29) is 16.2 Å². The highest BCUT2D eigenvalue weighted by Gasteiger charge is 2.31. The average Bonchev–Trinajstić information content (AvgIpc) is 3.51. The van der Waals surface area contributed by atoms with E-state index in [2.05, 4.69) is 182 Å². The third kappa shape index (κ3) is 6.16. The first kappa shape index (κ1) is 32.4. The lowest BCUT2D eigenvalue weighted by Gasteiger charge is -2.27. The molecule has 0 aliphatic carbocycles. The zero-order valence-electron chi connectivity index (χ0n) is 30.1. The fourth-order valence-electron chi connectivity index (χ4n) is 6.96. The molecule has 0 atom stereocenters. The highest BCUT2D eigenvalue weighted by Crippen LogP contribution is 2.43. The largest absolute Gasteiger partial charge is 0.457 e. The van der Waals surface area contributed by atoms with Crippen molar-refractivity contribution in [3.05, 3.63) is 125 Å². The van der Waals surface area contributed by atoms with E-state index < -0.39 is 0 Å². The van der Waals surface area contributed by atoms with Crippen LogP contribution in [0.25, 0.3) is 5.69 Å². The number of rotatable bonds is 6. The highest BCUT2D eigenvalue weighted by atomic mass is 16.5.